The Hall–Kier alpha value is -1.27. The fourth-order valence-electron chi connectivity index (χ4n) is 1.03. The molecule has 0 fully saturated rings. The van der Waals surface area contributed by atoms with Crippen molar-refractivity contribution >= 4 is 27.5 Å². The van der Waals surface area contributed by atoms with Gasteiger partial charge in [0.05, 0.1) is 18.4 Å². The van der Waals surface area contributed by atoms with Gasteiger partial charge in [0.1, 0.15) is 5.75 Å². The van der Waals surface area contributed by atoms with Crippen LogP contribution in [-0.4, -0.2) is 13.0 Å². The zero-order chi connectivity index (χ0) is 10.7. The van der Waals surface area contributed by atoms with Gasteiger partial charge in [-0.25, -0.2) is 5.84 Å². The van der Waals surface area contributed by atoms with Crippen LogP contribution in [0.15, 0.2) is 16.6 Å². The van der Waals surface area contributed by atoms with Gasteiger partial charge in [-0.05, 0) is 12.1 Å². The standard InChI is InChI=1S/C8H10BrN3O2/c1-14-6-3-4(9)2-5(7(6)10)8(13)12-11/h2-3H,10-11H2,1H3,(H,12,13). The highest BCUT2D eigenvalue weighted by atomic mass is 79.9. The number of ether oxygens (including phenoxy) is 1. The number of nitrogens with two attached hydrogens (primary N) is 2. The predicted octanol–water partition coefficient (Wildman–Crippen LogP) is 0.643. The summed E-state index contributed by atoms with van der Waals surface area (Å²) in [6, 6.07) is 3.24. The smallest absolute Gasteiger partial charge is 0.267 e. The molecule has 0 atom stereocenters. The van der Waals surface area contributed by atoms with Crippen LogP contribution in [0.3, 0.4) is 0 Å². The molecule has 0 aliphatic carbocycles. The summed E-state index contributed by atoms with van der Waals surface area (Å²) >= 11 is 3.23. The Balaban J connectivity index is 3.29. The summed E-state index contributed by atoms with van der Waals surface area (Å²) in [7, 11) is 1.47. The Labute approximate surface area is 89.5 Å². The fraction of sp³-hybridized carbons (Fsp3) is 0.125. The number of nitrogens with one attached hydrogen (secondary N) is 1. The van der Waals surface area contributed by atoms with E-state index in [0.29, 0.717) is 10.2 Å². The van der Waals surface area contributed by atoms with E-state index in [1.165, 1.54) is 7.11 Å². The number of methoxy groups -OCH3 is 1. The van der Waals surface area contributed by atoms with E-state index < -0.39 is 5.91 Å². The second-order valence-corrected chi connectivity index (χ2v) is 3.46. The van der Waals surface area contributed by atoms with Crippen LogP contribution in [0.5, 0.6) is 5.75 Å². The fourth-order valence-corrected chi connectivity index (χ4v) is 1.46. The number of halogens is 1. The molecule has 0 saturated carbocycles. The minimum absolute atomic E-state index is 0.263. The van der Waals surface area contributed by atoms with Crippen molar-refractivity contribution in [1.82, 2.24) is 5.43 Å². The van der Waals surface area contributed by atoms with Crippen molar-refractivity contribution in [1.29, 1.82) is 0 Å². The monoisotopic (exact) mass is 259 g/mol. The number of nitrogen functional groups attached to an aromatic ring is 2. The lowest BCUT2D eigenvalue weighted by Crippen LogP contribution is -2.30. The van der Waals surface area contributed by atoms with Crippen molar-refractivity contribution in [2.24, 2.45) is 5.84 Å². The van der Waals surface area contributed by atoms with Gasteiger partial charge in [-0.2, -0.15) is 0 Å². The molecule has 1 amide bonds. The van der Waals surface area contributed by atoms with Crippen LogP contribution in [0.1, 0.15) is 10.4 Å². The SMILES string of the molecule is COc1cc(Br)cc(C(=O)NN)c1N. The molecule has 0 unspecified atom stereocenters. The van der Waals surface area contributed by atoms with E-state index in [4.69, 9.17) is 16.3 Å². The van der Waals surface area contributed by atoms with Crippen molar-refractivity contribution in [3.05, 3.63) is 22.2 Å². The maximum Gasteiger partial charge on any atom is 0.267 e. The Morgan fingerprint density at radius 1 is 1.57 bits per heavy atom. The van der Waals surface area contributed by atoms with E-state index in [0.717, 1.165) is 0 Å². The highest BCUT2D eigenvalue weighted by Crippen LogP contribution is 2.29. The van der Waals surface area contributed by atoms with Crippen molar-refractivity contribution in [3.8, 4) is 5.75 Å². The van der Waals surface area contributed by atoms with Crippen LogP contribution in [0.2, 0.25) is 0 Å². The van der Waals surface area contributed by atoms with E-state index in [-0.39, 0.29) is 11.3 Å². The van der Waals surface area contributed by atoms with Gasteiger partial charge in [0, 0.05) is 4.47 Å². The molecule has 5 N–H and O–H groups in total. The number of hydrazine groups is 1. The number of rotatable bonds is 2. The number of amides is 1. The quantitative estimate of drug-likeness (QED) is 0.315. The van der Waals surface area contributed by atoms with Crippen molar-refractivity contribution < 1.29 is 9.53 Å². The molecular weight excluding hydrogens is 250 g/mol. The van der Waals surface area contributed by atoms with Gasteiger partial charge in [0.25, 0.3) is 5.91 Å². The zero-order valence-electron chi connectivity index (χ0n) is 7.50. The first-order valence-electron chi connectivity index (χ1n) is 3.74. The average molecular weight is 260 g/mol. The molecule has 0 aromatic heterocycles. The van der Waals surface area contributed by atoms with Crippen molar-refractivity contribution in [2.45, 2.75) is 0 Å². The molecule has 1 aromatic rings. The Kier molecular flexibility index (Phi) is 3.32. The number of carbonyl (C=O) groups is 1. The molecule has 0 radical (unpaired) electrons. The first-order valence-corrected chi connectivity index (χ1v) is 4.53. The maximum atomic E-state index is 11.3. The van der Waals surface area contributed by atoms with E-state index in [2.05, 4.69) is 15.9 Å². The van der Waals surface area contributed by atoms with Crippen molar-refractivity contribution in [3.63, 3.8) is 0 Å². The van der Waals surface area contributed by atoms with E-state index in [1.54, 1.807) is 12.1 Å². The highest BCUT2D eigenvalue weighted by Gasteiger charge is 2.13. The summed E-state index contributed by atoms with van der Waals surface area (Å²) in [6.45, 7) is 0. The van der Waals surface area contributed by atoms with Gasteiger partial charge < -0.3 is 10.5 Å². The minimum Gasteiger partial charge on any atom is -0.495 e. The molecule has 0 saturated heterocycles. The summed E-state index contributed by atoms with van der Waals surface area (Å²) in [5, 5.41) is 0. The zero-order valence-corrected chi connectivity index (χ0v) is 9.09. The first kappa shape index (κ1) is 10.8. The molecule has 1 rings (SSSR count). The topological polar surface area (TPSA) is 90.4 Å². The van der Waals surface area contributed by atoms with Crippen LogP contribution in [-0.2, 0) is 0 Å². The number of benzene rings is 1. The second kappa shape index (κ2) is 4.30. The Morgan fingerprint density at radius 2 is 2.21 bits per heavy atom. The maximum absolute atomic E-state index is 11.3. The van der Waals surface area contributed by atoms with Gasteiger partial charge in [-0.3, -0.25) is 10.2 Å². The number of hydrogen-bond donors (Lipinski definition) is 3. The molecule has 0 aliphatic heterocycles. The summed E-state index contributed by atoms with van der Waals surface area (Å²) < 4.78 is 5.68. The average Bonchev–Trinajstić information content (AvgIpc) is 2.19. The molecule has 1 aromatic carbocycles. The molecular formula is C8H10BrN3O2. The largest absolute Gasteiger partial charge is 0.495 e. The molecule has 0 heterocycles. The molecule has 0 spiro atoms. The van der Waals surface area contributed by atoms with E-state index >= 15 is 0 Å². The predicted molar refractivity (Wildman–Crippen MR) is 56.8 cm³/mol. The molecule has 6 heteroatoms. The van der Waals surface area contributed by atoms with Gasteiger partial charge in [0.2, 0.25) is 0 Å². The summed E-state index contributed by atoms with van der Waals surface area (Å²) in [4.78, 5) is 11.3. The second-order valence-electron chi connectivity index (χ2n) is 2.54. The lowest BCUT2D eigenvalue weighted by atomic mass is 10.1. The van der Waals surface area contributed by atoms with Crippen molar-refractivity contribution in [2.75, 3.05) is 12.8 Å². The number of hydrogen-bond acceptors (Lipinski definition) is 4. The van der Waals surface area contributed by atoms with Gasteiger partial charge in [-0.15, -0.1) is 0 Å². The van der Waals surface area contributed by atoms with Gasteiger partial charge in [0.15, 0.2) is 0 Å². The summed E-state index contributed by atoms with van der Waals surface area (Å²) in [5.74, 6) is 4.98. The molecule has 5 nitrogen and oxygen atoms in total. The van der Waals surface area contributed by atoms with Crippen LogP contribution in [0, 0.1) is 0 Å². The van der Waals surface area contributed by atoms with E-state index in [1.807, 2.05) is 5.43 Å². The summed E-state index contributed by atoms with van der Waals surface area (Å²) in [6.07, 6.45) is 0. The van der Waals surface area contributed by atoms with E-state index in [9.17, 15) is 4.79 Å². The highest BCUT2D eigenvalue weighted by molar-refractivity contribution is 9.10. The van der Waals surface area contributed by atoms with Crippen LogP contribution < -0.4 is 21.7 Å². The number of carbonyl (C=O) groups excluding carboxylic acids is 1. The van der Waals surface area contributed by atoms with Gasteiger partial charge in [-0.1, -0.05) is 15.9 Å². The molecule has 76 valence electrons. The lowest BCUT2D eigenvalue weighted by Gasteiger charge is -2.09. The third-order valence-electron chi connectivity index (χ3n) is 1.70. The summed E-state index contributed by atoms with van der Waals surface area (Å²) in [5.41, 5.74) is 8.22. The molecule has 0 bridgehead atoms. The molecule has 14 heavy (non-hydrogen) atoms. The minimum atomic E-state index is -0.456. The van der Waals surface area contributed by atoms with Gasteiger partial charge >= 0.3 is 0 Å². The van der Waals surface area contributed by atoms with Crippen LogP contribution in [0.25, 0.3) is 0 Å². The third-order valence-corrected chi connectivity index (χ3v) is 2.16. The first-order chi connectivity index (χ1) is 6.60. The van der Waals surface area contributed by atoms with Crippen LogP contribution in [0.4, 0.5) is 5.69 Å². The van der Waals surface area contributed by atoms with Crippen LogP contribution >= 0.6 is 15.9 Å². The Bertz CT molecular complexity index is 368. The molecule has 0 aliphatic rings. The Morgan fingerprint density at radius 3 is 2.71 bits per heavy atom. The number of anilines is 1. The third kappa shape index (κ3) is 1.97. The lowest BCUT2D eigenvalue weighted by molar-refractivity contribution is 0.0954. The normalized spacial score (nSPS) is 9.64.